The molecule has 1 aromatic carbocycles. The Balaban J connectivity index is 2.93. The molecule has 0 aliphatic rings. The van der Waals surface area contributed by atoms with Crippen LogP contribution in [-0.2, 0) is 9.53 Å². The Labute approximate surface area is 92.2 Å². The lowest BCUT2D eigenvalue weighted by atomic mass is 10.1. The summed E-state index contributed by atoms with van der Waals surface area (Å²) >= 11 is 0. The third-order valence-electron chi connectivity index (χ3n) is 1.79. The van der Waals surface area contributed by atoms with Crippen LogP contribution in [0.5, 0.6) is 17.2 Å². The minimum Gasteiger partial charge on any atom is -0.508 e. The van der Waals surface area contributed by atoms with Crippen molar-refractivity contribution in [2.75, 3.05) is 6.61 Å². The third kappa shape index (κ3) is 2.91. The second-order valence-electron chi connectivity index (χ2n) is 2.98. The van der Waals surface area contributed by atoms with Gasteiger partial charge in [-0.15, -0.1) is 0 Å². The molecule has 0 atom stereocenters. The Bertz CT molecular complexity index is 399. The first-order valence-electron chi connectivity index (χ1n) is 4.64. The number of carbonyl (C=O) groups excluding carboxylic acids is 1. The Morgan fingerprint density at radius 1 is 1.31 bits per heavy atom. The molecule has 0 unspecified atom stereocenters. The van der Waals surface area contributed by atoms with Crippen LogP contribution in [0.15, 0.2) is 18.2 Å². The van der Waals surface area contributed by atoms with Crippen LogP contribution in [-0.4, -0.2) is 27.9 Å². The van der Waals surface area contributed by atoms with E-state index in [1.165, 1.54) is 6.08 Å². The molecule has 0 fully saturated rings. The summed E-state index contributed by atoms with van der Waals surface area (Å²) in [7, 11) is 0. The van der Waals surface area contributed by atoms with Gasteiger partial charge in [0, 0.05) is 18.2 Å². The second-order valence-corrected chi connectivity index (χ2v) is 2.98. The predicted molar refractivity (Wildman–Crippen MR) is 57.1 cm³/mol. The fourth-order valence-electron chi connectivity index (χ4n) is 1.12. The van der Waals surface area contributed by atoms with E-state index < -0.39 is 5.97 Å². The maximum atomic E-state index is 11.0. The summed E-state index contributed by atoms with van der Waals surface area (Å²) in [6.07, 6.45) is 2.29. The van der Waals surface area contributed by atoms with Crippen molar-refractivity contribution >= 4 is 12.0 Å². The van der Waals surface area contributed by atoms with Crippen molar-refractivity contribution in [2.45, 2.75) is 6.92 Å². The molecule has 86 valence electrons. The second kappa shape index (κ2) is 5.06. The molecule has 0 heterocycles. The van der Waals surface area contributed by atoms with Gasteiger partial charge in [-0.25, -0.2) is 4.79 Å². The van der Waals surface area contributed by atoms with Gasteiger partial charge in [0.1, 0.15) is 17.2 Å². The number of benzene rings is 1. The highest BCUT2D eigenvalue weighted by atomic mass is 16.5. The standard InChI is InChI=1S/C11H12O5/c1-2-16-11(15)4-3-8-9(13)5-7(12)6-10(8)14/h3-6,12-14H,2H2,1H3/b4-3+. The highest BCUT2D eigenvalue weighted by Crippen LogP contribution is 2.32. The van der Waals surface area contributed by atoms with Crippen LogP contribution < -0.4 is 0 Å². The summed E-state index contributed by atoms with van der Waals surface area (Å²) in [4.78, 5) is 11.0. The Morgan fingerprint density at radius 2 is 1.88 bits per heavy atom. The van der Waals surface area contributed by atoms with E-state index in [0.29, 0.717) is 0 Å². The molecule has 5 heteroatoms. The molecule has 1 rings (SSSR count). The van der Waals surface area contributed by atoms with E-state index in [1.807, 2.05) is 0 Å². The first-order valence-corrected chi connectivity index (χ1v) is 4.64. The first kappa shape index (κ1) is 11.9. The molecule has 0 saturated carbocycles. The molecule has 0 saturated heterocycles. The summed E-state index contributed by atoms with van der Waals surface area (Å²) in [6, 6.07) is 2.12. The fraction of sp³-hybridized carbons (Fsp3) is 0.182. The van der Waals surface area contributed by atoms with Crippen LogP contribution in [0.4, 0.5) is 0 Å². The fourth-order valence-corrected chi connectivity index (χ4v) is 1.12. The van der Waals surface area contributed by atoms with Gasteiger partial charge < -0.3 is 20.1 Å². The maximum absolute atomic E-state index is 11.0. The zero-order valence-electron chi connectivity index (χ0n) is 8.67. The molecule has 0 bridgehead atoms. The lowest BCUT2D eigenvalue weighted by Gasteiger charge is -2.03. The summed E-state index contributed by atoms with van der Waals surface area (Å²) < 4.78 is 4.63. The third-order valence-corrected chi connectivity index (χ3v) is 1.79. The summed E-state index contributed by atoms with van der Waals surface area (Å²) in [5.41, 5.74) is 0.0471. The number of phenols is 3. The number of esters is 1. The van der Waals surface area contributed by atoms with Crippen molar-refractivity contribution in [3.05, 3.63) is 23.8 Å². The minimum atomic E-state index is -0.575. The highest BCUT2D eigenvalue weighted by molar-refractivity contribution is 5.88. The molecule has 0 amide bonds. The van der Waals surface area contributed by atoms with E-state index in [1.54, 1.807) is 6.92 Å². The molecule has 0 aliphatic heterocycles. The molecular weight excluding hydrogens is 212 g/mol. The van der Waals surface area contributed by atoms with Crippen LogP contribution in [0.3, 0.4) is 0 Å². The zero-order chi connectivity index (χ0) is 12.1. The molecule has 0 radical (unpaired) electrons. The van der Waals surface area contributed by atoms with Crippen molar-refractivity contribution in [2.24, 2.45) is 0 Å². The lowest BCUT2D eigenvalue weighted by molar-refractivity contribution is -0.137. The SMILES string of the molecule is CCOC(=O)/C=C/c1c(O)cc(O)cc1O. The van der Waals surface area contributed by atoms with Gasteiger partial charge in [-0.1, -0.05) is 0 Å². The first-order chi connectivity index (χ1) is 7.54. The minimum absolute atomic E-state index is 0.0471. The van der Waals surface area contributed by atoms with Crippen molar-refractivity contribution < 1.29 is 24.9 Å². The Morgan fingerprint density at radius 3 is 2.38 bits per heavy atom. The molecule has 5 nitrogen and oxygen atoms in total. The lowest BCUT2D eigenvalue weighted by Crippen LogP contribution is -1.98. The number of aromatic hydroxyl groups is 3. The molecule has 0 spiro atoms. The van der Waals surface area contributed by atoms with Gasteiger partial charge in [-0.3, -0.25) is 0 Å². The average molecular weight is 224 g/mol. The van der Waals surface area contributed by atoms with E-state index in [9.17, 15) is 15.0 Å². The molecule has 16 heavy (non-hydrogen) atoms. The molecule has 3 N–H and O–H groups in total. The van der Waals surface area contributed by atoms with Crippen molar-refractivity contribution in [3.8, 4) is 17.2 Å². The molecular formula is C11H12O5. The van der Waals surface area contributed by atoms with E-state index in [2.05, 4.69) is 4.74 Å². The number of carbonyl (C=O) groups is 1. The van der Waals surface area contributed by atoms with E-state index >= 15 is 0 Å². The molecule has 0 aromatic heterocycles. The van der Waals surface area contributed by atoms with Crippen LogP contribution in [0.1, 0.15) is 12.5 Å². The van der Waals surface area contributed by atoms with E-state index in [-0.39, 0.29) is 29.4 Å². The topological polar surface area (TPSA) is 87.0 Å². The smallest absolute Gasteiger partial charge is 0.330 e. The summed E-state index contributed by atoms with van der Waals surface area (Å²) in [6.45, 7) is 1.91. The predicted octanol–water partition coefficient (Wildman–Crippen LogP) is 1.38. The van der Waals surface area contributed by atoms with Gasteiger partial charge in [0.05, 0.1) is 12.2 Å². The van der Waals surface area contributed by atoms with Gasteiger partial charge in [-0.05, 0) is 13.0 Å². The monoisotopic (exact) mass is 224 g/mol. The van der Waals surface area contributed by atoms with Crippen molar-refractivity contribution in [1.29, 1.82) is 0 Å². The number of phenolic OH excluding ortho intramolecular Hbond substituents is 3. The molecule has 0 aliphatic carbocycles. The largest absolute Gasteiger partial charge is 0.508 e. The quantitative estimate of drug-likeness (QED) is 0.533. The highest BCUT2D eigenvalue weighted by Gasteiger charge is 2.07. The summed E-state index contributed by atoms with van der Waals surface area (Å²) in [5, 5.41) is 27.8. The number of rotatable bonds is 3. The van der Waals surface area contributed by atoms with Crippen LogP contribution >= 0.6 is 0 Å². The van der Waals surface area contributed by atoms with E-state index in [4.69, 9.17) is 5.11 Å². The van der Waals surface area contributed by atoms with Crippen LogP contribution in [0, 0.1) is 0 Å². The van der Waals surface area contributed by atoms with Crippen molar-refractivity contribution in [3.63, 3.8) is 0 Å². The Kier molecular flexibility index (Phi) is 3.77. The van der Waals surface area contributed by atoms with Gasteiger partial charge in [0.2, 0.25) is 0 Å². The van der Waals surface area contributed by atoms with Crippen LogP contribution in [0.2, 0.25) is 0 Å². The Hall–Kier alpha value is -2.17. The maximum Gasteiger partial charge on any atom is 0.330 e. The molecule has 1 aromatic rings. The number of hydrogen-bond acceptors (Lipinski definition) is 5. The van der Waals surface area contributed by atoms with Crippen molar-refractivity contribution in [1.82, 2.24) is 0 Å². The van der Waals surface area contributed by atoms with Crippen LogP contribution in [0.25, 0.3) is 6.08 Å². The average Bonchev–Trinajstić information content (AvgIpc) is 2.16. The number of hydrogen-bond donors (Lipinski definition) is 3. The normalized spacial score (nSPS) is 10.6. The summed E-state index contributed by atoms with van der Waals surface area (Å²) in [5.74, 6) is -1.48. The van der Waals surface area contributed by atoms with Gasteiger partial charge in [0.25, 0.3) is 0 Å². The van der Waals surface area contributed by atoms with Gasteiger partial charge in [0.15, 0.2) is 0 Å². The van der Waals surface area contributed by atoms with Gasteiger partial charge >= 0.3 is 5.97 Å². The number of ether oxygens (including phenoxy) is 1. The van der Waals surface area contributed by atoms with Gasteiger partial charge in [-0.2, -0.15) is 0 Å². The van der Waals surface area contributed by atoms with E-state index in [0.717, 1.165) is 18.2 Å². The zero-order valence-corrected chi connectivity index (χ0v) is 8.67.